The molecule has 1 N–H and O–H groups in total. The highest BCUT2D eigenvalue weighted by Crippen LogP contribution is 2.21. The van der Waals surface area contributed by atoms with E-state index in [9.17, 15) is 4.79 Å². The Kier molecular flexibility index (Phi) is 7.41. The van der Waals surface area contributed by atoms with Gasteiger partial charge >= 0.3 is 0 Å². The van der Waals surface area contributed by atoms with Crippen molar-refractivity contribution in [2.24, 2.45) is 0 Å². The average molecular weight is 409 g/mol. The van der Waals surface area contributed by atoms with E-state index in [0.29, 0.717) is 25.5 Å². The van der Waals surface area contributed by atoms with Crippen molar-refractivity contribution in [1.82, 2.24) is 10.3 Å². The number of rotatable bonds is 9. The van der Waals surface area contributed by atoms with Crippen LogP contribution in [0.4, 0.5) is 0 Å². The summed E-state index contributed by atoms with van der Waals surface area (Å²) in [4.78, 5) is 16.6. The van der Waals surface area contributed by atoms with Crippen LogP contribution in [0.5, 0.6) is 11.5 Å². The zero-order chi connectivity index (χ0) is 20.5. The first kappa shape index (κ1) is 20.6. The number of thiazole rings is 1. The number of hydrogen-bond acceptors (Lipinski definition) is 5. The third kappa shape index (κ3) is 6.47. The van der Waals surface area contributed by atoms with Crippen LogP contribution in [0.1, 0.15) is 28.8 Å². The summed E-state index contributed by atoms with van der Waals surface area (Å²) in [6.45, 7) is 5.36. The number of carbonyl (C=O) groups excluding carboxylic acids is 1. The molecule has 0 fully saturated rings. The van der Waals surface area contributed by atoms with E-state index in [0.717, 1.165) is 27.6 Å². The van der Waals surface area contributed by atoms with Gasteiger partial charge in [-0.3, -0.25) is 4.79 Å². The van der Waals surface area contributed by atoms with Crippen molar-refractivity contribution < 1.29 is 14.3 Å². The van der Waals surface area contributed by atoms with Crippen molar-refractivity contribution >= 4 is 23.3 Å². The Morgan fingerprint density at radius 3 is 2.83 bits per heavy atom. The number of ether oxygens (including phenoxy) is 2. The lowest BCUT2D eigenvalue weighted by Crippen LogP contribution is -2.20. The van der Waals surface area contributed by atoms with Crippen LogP contribution in [0.15, 0.2) is 60.0 Å². The first-order chi connectivity index (χ1) is 14.1. The maximum absolute atomic E-state index is 12.2. The van der Waals surface area contributed by atoms with Crippen LogP contribution in [0.2, 0.25) is 0 Å². The Hall–Kier alpha value is -3.12. The van der Waals surface area contributed by atoms with Crippen molar-refractivity contribution in [3.8, 4) is 11.5 Å². The molecule has 2 aromatic carbocycles. The van der Waals surface area contributed by atoms with Crippen molar-refractivity contribution in [3.05, 3.63) is 81.8 Å². The van der Waals surface area contributed by atoms with Crippen molar-refractivity contribution in [2.75, 3.05) is 6.61 Å². The van der Waals surface area contributed by atoms with Gasteiger partial charge in [-0.1, -0.05) is 30.3 Å². The molecule has 1 aromatic heterocycles. The monoisotopic (exact) mass is 408 g/mol. The average Bonchev–Trinajstić information content (AvgIpc) is 3.15. The van der Waals surface area contributed by atoms with E-state index in [1.165, 1.54) is 6.08 Å². The van der Waals surface area contributed by atoms with Crippen LogP contribution < -0.4 is 14.8 Å². The zero-order valence-electron chi connectivity index (χ0n) is 16.6. The van der Waals surface area contributed by atoms with Gasteiger partial charge in [0.15, 0.2) is 0 Å². The topological polar surface area (TPSA) is 60.5 Å². The molecule has 0 unspecified atom stereocenters. The predicted molar refractivity (Wildman–Crippen MR) is 116 cm³/mol. The molecular formula is C23H24N2O3S. The summed E-state index contributed by atoms with van der Waals surface area (Å²) < 4.78 is 11.4. The highest BCUT2D eigenvalue weighted by molar-refractivity contribution is 7.09. The molecule has 3 aromatic rings. The number of carbonyl (C=O) groups is 1. The SMILES string of the molecule is CCOc1cccc(CNC(=O)C=Cc2ccccc2OCc2csc(C)n2)c1. The lowest BCUT2D eigenvalue weighted by Gasteiger charge is -2.08. The third-order valence-corrected chi connectivity index (χ3v) is 4.87. The number of aromatic nitrogens is 1. The summed E-state index contributed by atoms with van der Waals surface area (Å²) in [5.41, 5.74) is 2.73. The Morgan fingerprint density at radius 2 is 2.03 bits per heavy atom. The number of para-hydroxylation sites is 1. The molecule has 5 nitrogen and oxygen atoms in total. The fraction of sp³-hybridized carbons (Fsp3) is 0.217. The number of benzene rings is 2. The largest absolute Gasteiger partial charge is 0.494 e. The third-order valence-electron chi connectivity index (χ3n) is 4.05. The fourth-order valence-corrected chi connectivity index (χ4v) is 3.30. The number of hydrogen-bond donors (Lipinski definition) is 1. The van der Waals surface area contributed by atoms with Crippen LogP contribution in [0.3, 0.4) is 0 Å². The molecule has 6 heteroatoms. The lowest BCUT2D eigenvalue weighted by atomic mass is 10.2. The predicted octanol–water partition coefficient (Wildman–Crippen LogP) is 4.76. The Morgan fingerprint density at radius 1 is 1.17 bits per heavy atom. The highest BCUT2D eigenvalue weighted by Gasteiger charge is 2.04. The summed E-state index contributed by atoms with van der Waals surface area (Å²) in [6, 6.07) is 15.3. The second-order valence-corrected chi connectivity index (χ2v) is 7.38. The van der Waals surface area contributed by atoms with Crippen LogP contribution in [-0.2, 0) is 17.9 Å². The molecule has 0 spiro atoms. The van der Waals surface area contributed by atoms with Gasteiger partial charge in [-0.25, -0.2) is 4.98 Å². The van der Waals surface area contributed by atoms with Crippen molar-refractivity contribution in [3.63, 3.8) is 0 Å². The molecule has 0 aliphatic carbocycles. The quantitative estimate of drug-likeness (QED) is 0.519. The summed E-state index contributed by atoms with van der Waals surface area (Å²) >= 11 is 1.60. The minimum absolute atomic E-state index is 0.170. The van der Waals surface area contributed by atoms with Gasteiger partial charge < -0.3 is 14.8 Å². The molecule has 1 amide bonds. The first-order valence-electron chi connectivity index (χ1n) is 9.44. The zero-order valence-corrected chi connectivity index (χ0v) is 17.4. The van der Waals surface area contributed by atoms with Gasteiger partial charge in [-0.15, -0.1) is 11.3 Å². The maximum Gasteiger partial charge on any atom is 0.244 e. The number of nitrogens with zero attached hydrogens (tertiary/aromatic N) is 1. The molecule has 0 radical (unpaired) electrons. The summed E-state index contributed by atoms with van der Waals surface area (Å²) in [5, 5.41) is 5.89. The Bertz CT molecular complexity index is 982. The summed E-state index contributed by atoms with van der Waals surface area (Å²) in [7, 11) is 0. The smallest absolute Gasteiger partial charge is 0.244 e. The molecule has 29 heavy (non-hydrogen) atoms. The normalized spacial score (nSPS) is 10.8. The maximum atomic E-state index is 12.2. The van der Waals surface area contributed by atoms with Crippen molar-refractivity contribution in [1.29, 1.82) is 0 Å². The summed E-state index contributed by atoms with van der Waals surface area (Å²) in [5.74, 6) is 1.35. The van der Waals surface area contributed by atoms with Crippen LogP contribution >= 0.6 is 11.3 Å². The van der Waals surface area contributed by atoms with Crippen LogP contribution in [0.25, 0.3) is 6.08 Å². The minimum Gasteiger partial charge on any atom is -0.494 e. The van der Waals surface area contributed by atoms with Crippen molar-refractivity contribution in [2.45, 2.75) is 27.0 Å². The van der Waals surface area contributed by atoms with E-state index in [-0.39, 0.29) is 5.91 Å². The molecule has 1 heterocycles. The fourth-order valence-electron chi connectivity index (χ4n) is 2.70. The number of amides is 1. The molecule has 0 atom stereocenters. The highest BCUT2D eigenvalue weighted by atomic mass is 32.1. The Labute approximate surface area is 175 Å². The molecule has 0 aliphatic rings. The first-order valence-corrected chi connectivity index (χ1v) is 10.3. The van der Waals surface area contributed by atoms with Gasteiger partial charge in [0.25, 0.3) is 0 Å². The van der Waals surface area contributed by atoms with Gasteiger partial charge in [0, 0.05) is 23.6 Å². The van der Waals surface area contributed by atoms with E-state index in [4.69, 9.17) is 9.47 Å². The van der Waals surface area contributed by atoms with E-state index >= 15 is 0 Å². The molecule has 150 valence electrons. The van der Waals surface area contributed by atoms with E-state index in [2.05, 4.69) is 10.3 Å². The molecule has 0 saturated heterocycles. The Balaban J connectivity index is 1.56. The lowest BCUT2D eigenvalue weighted by molar-refractivity contribution is -0.116. The van der Waals surface area contributed by atoms with Gasteiger partial charge in [-0.05, 0) is 43.7 Å². The van der Waals surface area contributed by atoms with E-state index < -0.39 is 0 Å². The standard InChI is InChI=1S/C23H24N2O3S/c1-3-27-21-9-6-7-18(13-21)14-24-23(26)12-11-19-8-4-5-10-22(19)28-15-20-16-29-17(2)25-20/h4-13,16H,3,14-15H2,1-2H3,(H,24,26). The van der Waals surface area contributed by atoms with Crippen LogP contribution in [0, 0.1) is 6.92 Å². The van der Waals surface area contributed by atoms with Gasteiger partial charge in [0.05, 0.1) is 17.3 Å². The molecule has 3 rings (SSSR count). The molecule has 0 saturated carbocycles. The molecular weight excluding hydrogens is 384 g/mol. The number of nitrogens with one attached hydrogen (secondary N) is 1. The summed E-state index contributed by atoms with van der Waals surface area (Å²) in [6.07, 6.45) is 3.27. The minimum atomic E-state index is -0.170. The number of aryl methyl sites for hydroxylation is 1. The van der Waals surface area contributed by atoms with E-state index in [1.54, 1.807) is 17.4 Å². The van der Waals surface area contributed by atoms with Gasteiger partial charge in [-0.2, -0.15) is 0 Å². The second-order valence-electron chi connectivity index (χ2n) is 6.32. The van der Waals surface area contributed by atoms with Gasteiger partial charge in [0.1, 0.15) is 18.1 Å². The van der Waals surface area contributed by atoms with E-state index in [1.807, 2.05) is 67.8 Å². The second kappa shape index (κ2) is 10.4. The van der Waals surface area contributed by atoms with Crippen LogP contribution in [-0.4, -0.2) is 17.5 Å². The molecule has 0 aliphatic heterocycles. The van der Waals surface area contributed by atoms with Gasteiger partial charge in [0.2, 0.25) is 5.91 Å². The molecule has 0 bridgehead atoms.